The van der Waals surface area contributed by atoms with Gasteiger partial charge in [-0.3, -0.25) is 9.48 Å². The smallest absolute Gasteiger partial charge is 0.306 e. The molecular formula is C8H12N2O3. The zero-order valence-corrected chi connectivity index (χ0v) is 7.34. The van der Waals surface area contributed by atoms with E-state index in [1.54, 1.807) is 10.9 Å². The Morgan fingerprint density at radius 3 is 2.92 bits per heavy atom. The van der Waals surface area contributed by atoms with Gasteiger partial charge in [0.2, 0.25) is 0 Å². The van der Waals surface area contributed by atoms with Gasteiger partial charge in [-0.2, -0.15) is 5.10 Å². The van der Waals surface area contributed by atoms with Crippen LogP contribution in [-0.2, 0) is 11.3 Å². The van der Waals surface area contributed by atoms with E-state index in [0.29, 0.717) is 12.1 Å². The van der Waals surface area contributed by atoms with Crippen LogP contribution in [0.25, 0.3) is 0 Å². The van der Waals surface area contributed by atoms with Crippen molar-refractivity contribution in [2.45, 2.75) is 26.0 Å². The summed E-state index contributed by atoms with van der Waals surface area (Å²) in [5.41, 5.74) is 0.546. The average Bonchev–Trinajstić information content (AvgIpc) is 2.50. The van der Waals surface area contributed by atoms with Gasteiger partial charge in [0, 0.05) is 18.3 Å². The number of carboxylic acids is 1. The topological polar surface area (TPSA) is 75.4 Å². The quantitative estimate of drug-likeness (QED) is 0.710. The summed E-state index contributed by atoms with van der Waals surface area (Å²) in [7, 11) is 0. The maximum absolute atomic E-state index is 10.3. The molecule has 2 N–H and O–H groups in total. The largest absolute Gasteiger partial charge is 0.481 e. The third-order valence-electron chi connectivity index (χ3n) is 1.73. The van der Waals surface area contributed by atoms with Crippen molar-refractivity contribution < 1.29 is 15.0 Å². The summed E-state index contributed by atoms with van der Waals surface area (Å²) in [4.78, 5) is 10.3. The van der Waals surface area contributed by atoms with E-state index >= 15 is 0 Å². The second-order valence-electron chi connectivity index (χ2n) is 2.74. The predicted molar refractivity (Wildman–Crippen MR) is 45.1 cm³/mol. The van der Waals surface area contributed by atoms with Crippen LogP contribution in [0.3, 0.4) is 0 Å². The van der Waals surface area contributed by atoms with Crippen LogP contribution in [0.5, 0.6) is 0 Å². The highest BCUT2D eigenvalue weighted by atomic mass is 16.4. The van der Waals surface area contributed by atoms with Gasteiger partial charge in [0.1, 0.15) is 0 Å². The van der Waals surface area contributed by atoms with E-state index in [9.17, 15) is 9.90 Å². The minimum atomic E-state index is -1.02. The molecule has 0 aliphatic heterocycles. The van der Waals surface area contributed by atoms with Gasteiger partial charge in [-0.05, 0) is 6.92 Å². The first-order chi connectivity index (χ1) is 6.13. The average molecular weight is 184 g/mol. The van der Waals surface area contributed by atoms with Crippen molar-refractivity contribution in [1.29, 1.82) is 0 Å². The first-order valence-corrected chi connectivity index (χ1v) is 4.05. The molecular weight excluding hydrogens is 172 g/mol. The third-order valence-corrected chi connectivity index (χ3v) is 1.73. The van der Waals surface area contributed by atoms with Crippen molar-refractivity contribution in [3.63, 3.8) is 0 Å². The van der Waals surface area contributed by atoms with Crippen LogP contribution >= 0.6 is 0 Å². The lowest BCUT2D eigenvalue weighted by Gasteiger charge is -2.03. The Labute approximate surface area is 75.6 Å². The van der Waals surface area contributed by atoms with E-state index in [1.165, 1.54) is 6.20 Å². The Balaban J connectivity index is 2.65. The second kappa shape index (κ2) is 4.04. The maximum Gasteiger partial charge on any atom is 0.306 e. The fourth-order valence-electron chi connectivity index (χ4n) is 1.01. The molecule has 0 fully saturated rings. The number of nitrogens with zero attached hydrogens (tertiary/aromatic N) is 2. The van der Waals surface area contributed by atoms with Gasteiger partial charge in [0.25, 0.3) is 0 Å². The molecule has 0 aromatic carbocycles. The fraction of sp³-hybridized carbons (Fsp3) is 0.500. The molecule has 0 amide bonds. The first kappa shape index (κ1) is 9.73. The molecule has 72 valence electrons. The molecule has 5 nitrogen and oxygen atoms in total. The zero-order chi connectivity index (χ0) is 9.84. The second-order valence-corrected chi connectivity index (χ2v) is 2.74. The van der Waals surface area contributed by atoms with Crippen LogP contribution < -0.4 is 0 Å². The number of aliphatic hydroxyl groups is 1. The normalized spacial score (nSPS) is 12.8. The van der Waals surface area contributed by atoms with E-state index < -0.39 is 12.1 Å². The highest BCUT2D eigenvalue weighted by Gasteiger charge is 2.13. The third kappa shape index (κ3) is 2.55. The van der Waals surface area contributed by atoms with Gasteiger partial charge >= 0.3 is 5.97 Å². The van der Waals surface area contributed by atoms with E-state index in [1.807, 2.05) is 6.92 Å². The maximum atomic E-state index is 10.3. The van der Waals surface area contributed by atoms with Gasteiger partial charge in [0.15, 0.2) is 0 Å². The van der Waals surface area contributed by atoms with Gasteiger partial charge in [-0.15, -0.1) is 0 Å². The number of aromatic nitrogens is 2. The molecule has 1 aromatic rings. The monoisotopic (exact) mass is 184 g/mol. The van der Waals surface area contributed by atoms with E-state index in [0.717, 1.165) is 0 Å². The lowest BCUT2D eigenvalue weighted by Crippen LogP contribution is -2.04. The first-order valence-electron chi connectivity index (χ1n) is 4.05. The minimum Gasteiger partial charge on any atom is -0.481 e. The molecule has 0 unspecified atom stereocenters. The highest BCUT2D eigenvalue weighted by Crippen LogP contribution is 2.14. The Hall–Kier alpha value is -1.36. The summed E-state index contributed by atoms with van der Waals surface area (Å²) < 4.78 is 1.64. The molecule has 0 aliphatic carbocycles. The van der Waals surface area contributed by atoms with E-state index in [4.69, 9.17) is 5.11 Å². The molecule has 0 radical (unpaired) electrons. The Kier molecular flexibility index (Phi) is 3.02. The predicted octanol–water partition coefficient (Wildman–Crippen LogP) is 0.411. The number of carboxylic acid groups (broad SMARTS) is 1. The van der Waals surface area contributed by atoms with Gasteiger partial charge in [-0.1, -0.05) is 0 Å². The molecule has 1 rings (SSSR count). The molecule has 0 saturated heterocycles. The SMILES string of the molecule is CCn1cc([C@H](O)CC(=O)O)cn1. The van der Waals surface area contributed by atoms with E-state index in [2.05, 4.69) is 5.10 Å². The summed E-state index contributed by atoms with van der Waals surface area (Å²) in [5.74, 6) is -1.02. The number of rotatable bonds is 4. The number of hydrogen-bond acceptors (Lipinski definition) is 3. The van der Waals surface area contributed by atoms with Crippen LogP contribution in [-0.4, -0.2) is 26.0 Å². The van der Waals surface area contributed by atoms with Crippen molar-refractivity contribution in [1.82, 2.24) is 9.78 Å². The van der Waals surface area contributed by atoms with Gasteiger partial charge in [0.05, 0.1) is 18.7 Å². The van der Waals surface area contributed by atoms with Crippen LogP contribution in [0, 0.1) is 0 Å². The molecule has 0 saturated carbocycles. The van der Waals surface area contributed by atoms with Crippen molar-refractivity contribution in [3.05, 3.63) is 18.0 Å². The molecule has 5 heteroatoms. The van der Waals surface area contributed by atoms with Crippen LogP contribution in [0.2, 0.25) is 0 Å². The van der Waals surface area contributed by atoms with Crippen molar-refractivity contribution in [2.24, 2.45) is 0 Å². The molecule has 13 heavy (non-hydrogen) atoms. The number of carbonyl (C=O) groups is 1. The summed E-state index contributed by atoms with van der Waals surface area (Å²) in [5, 5.41) is 21.7. The van der Waals surface area contributed by atoms with Crippen LogP contribution in [0.4, 0.5) is 0 Å². The number of aliphatic carboxylic acids is 1. The van der Waals surface area contributed by atoms with Crippen LogP contribution in [0.1, 0.15) is 25.0 Å². The lowest BCUT2D eigenvalue weighted by atomic mass is 10.1. The van der Waals surface area contributed by atoms with Crippen molar-refractivity contribution >= 4 is 5.97 Å². The fourth-order valence-corrected chi connectivity index (χ4v) is 1.01. The molecule has 1 atom stereocenters. The molecule has 0 aliphatic rings. The minimum absolute atomic E-state index is 0.282. The zero-order valence-electron chi connectivity index (χ0n) is 7.34. The Morgan fingerprint density at radius 2 is 2.46 bits per heavy atom. The highest BCUT2D eigenvalue weighted by molar-refractivity contribution is 5.67. The Bertz CT molecular complexity index is 295. The van der Waals surface area contributed by atoms with Gasteiger partial charge in [-0.25, -0.2) is 0 Å². The van der Waals surface area contributed by atoms with Gasteiger partial charge < -0.3 is 10.2 Å². The summed E-state index contributed by atoms with van der Waals surface area (Å²) in [6, 6.07) is 0. The van der Waals surface area contributed by atoms with Crippen molar-refractivity contribution in [2.75, 3.05) is 0 Å². The standard InChI is InChI=1S/C8H12N2O3/c1-2-10-5-6(4-9-10)7(11)3-8(12)13/h4-5,7,11H,2-3H2,1H3,(H,12,13)/t7-/m1/s1. The number of hydrogen-bond donors (Lipinski definition) is 2. The lowest BCUT2D eigenvalue weighted by molar-refractivity contribution is -0.139. The summed E-state index contributed by atoms with van der Waals surface area (Å²) in [6.45, 7) is 2.63. The van der Waals surface area contributed by atoms with Crippen LogP contribution in [0.15, 0.2) is 12.4 Å². The van der Waals surface area contributed by atoms with Crippen molar-refractivity contribution in [3.8, 4) is 0 Å². The Morgan fingerprint density at radius 1 is 1.77 bits per heavy atom. The number of aliphatic hydroxyl groups excluding tert-OH is 1. The molecule has 0 bridgehead atoms. The molecule has 1 heterocycles. The van der Waals surface area contributed by atoms with E-state index in [-0.39, 0.29) is 6.42 Å². The summed E-state index contributed by atoms with van der Waals surface area (Å²) in [6.07, 6.45) is 1.89. The molecule has 0 spiro atoms. The number of aryl methyl sites for hydroxylation is 1. The summed E-state index contributed by atoms with van der Waals surface area (Å²) >= 11 is 0. The molecule has 1 aromatic heterocycles.